The molecular weight excluding hydrogens is 390 g/mol. The lowest BCUT2D eigenvalue weighted by atomic mass is 9.94. The van der Waals surface area contributed by atoms with E-state index in [9.17, 15) is 4.79 Å². The van der Waals surface area contributed by atoms with Gasteiger partial charge in [0.25, 0.3) is 0 Å². The number of halogens is 1. The summed E-state index contributed by atoms with van der Waals surface area (Å²) in [4.78, 5) is 12.2. The number of unbranched alkanes of at least 4 members (excludes halogenated alkanes) is 11. The van der Waals surface area contributed by atoms with Crippen LogP contribution in [0, 0.1) is 0 Å². The Bertz CT molecular complexity index is 553. The number of amides is 1. The van der Waals surface area contributed by atoms with Crippen molar-refractivity contribution in [1.29, 1.82) is 0 Å². The van der Waals surface area contributed by atoms with E-state index in [-0.39, 0.29) is 23.9 Å². The van der Waals surface area contributed by atoms with E-state index in [1.165, 1.54) is 70.6 Å². The second kappa shape index (κ2) is 18.5. The molecule has 0 spiro atoms. The zero-order valence-electron chi connectivity index (χ0n) is 19.8. The van der Waals surface area contributed by atoms with Gasteiger partial charge in [-0.2, -0.15) is 0 Å². The highest BCUT2D eigenvalue weighted by molar-refractivity contribution is 5.85. The van der Waals surface area contributed by atoms with Gasteiger partial charge in [0, 0.05) is 6.42 Å². The van der Waals surface area contributed by atoms with Gasteiger partial charge in [0.05, 0.1) is 5.54 Å². The van der Waals surface area contributed by atoms with Crippen molar-refractivity contribution < 1.29 is 4.79 Å². The van der Waals surface area contributed by atoms with Gasteiger partial charge >= 0.3 is 0 Å². The van der Waals surface area contributed by atoms with Gasteiger partial charge in [-0.15, -0.1) is 12.4 Å². The predicted octanol–water partition coefficient (Wildman–Crippen LogP) is 8.50. The van der Waals surface area contributed by atoms with Crippen molar-refractivity contribution >= 4 is 18.3 Å². The Kier molecular flexibility index (Phi) is 17.7. The van der Waals surface area contributed by atoms with E-state index in [0.29, 0.717) is 6.42 Å². The van der Waals surface area contributed by atoms with Gasteiger partial charge in [0.2, 0.25) is 5.91 Å². The fourth-order valence-corrected chi connectivity index (χ4v) is 3.69. The average Bonchev–Trinajstić information content (AvgIpc) is 2.71. The van der Waals surface area contributed by atoms with Crippen LogP contribution < -0.4 is 5.32 Å². The standard InChI is InChI=1S/C27H45NO.ClH/c1-4-5-6-7-8-9-10-11-12-13-14-15-16-17-21-24-26(29)28-27(2,3)25-22-19-18-20-23-25;/h11-12,18-20,22-23H,4-10,13-17,21,24H2,1-3H3,(H,28,29);1H. The molecule has 1 aromatic rings. The molecule has 30 heavy (non-hydrogen) atoms. The molecule has 2 nitrogen and oxygen atoms in total. The van der Waals surface area contributed by atoms with E-state index in [2.05, 4.69) is 50.4 Å². The van der Waals surface area contributed by atoms with E-state index >= 15 is 0 Å². The molecular formula is C27H46ClNO. The molecule has 172 valence electrons. The largest absolute Gasteiger partial charge is 0.347 e. The molecule has 0 unspecified atom stereocenters. The van der Waals surface area contributed by atoms with Crippen LogP contribution in [0.3, 0.4) is 0 Å². The minimum absolute atomic E-state index is 0. The molecule has 0 aliphatic rings. The maximum Gasteiger partial charge on any atom is 0.220 e. The highest BCUT2D eigenvalue weighted by atomic mass is 35.5. The molecule has 1 N–H and O–H groups in total. The van der Waals surface area contributed by atoms with Gasteiger partial charge < -0.3 is 5.32 Å². The first-order valence-corrected chi connectivity index (χ1v) is 12.1. The first kappa shape index (κ1) is 28.7. The lowest BCUT2D eigenvalue weighted by Gasteiger charge is -2.27. The molecule has 0 atom stereocenters. The third-order valence-electron chi connectivity index (χ3n) is 5.61. The molecule has 0 aromatic heterocycles. The van der Waals surface area contributed by atoms with Crippen LogP contribution in [0.4, 0.5) is 0 Å². The number of rotatable bonds is 17. The van der Waals surface area contributed by atoms with Gasteiger partial charge in [-0.25, -0.2) is 0 Å². The van der Waals surface area contributed by atoms with Crippen molar-refractivity contribution in [3.63, 3.8) is 0 Å². The highest BCUT2D eigenvalue weighted by Crippen LogP contribution is 2.20. The third kappa shape index (κ3) is 14.7. The Morgan fingerprint density at radius 1 is 0.800 bits per heavy atom. The van der Waals surface area contributed by atoms with Crippen LogP contribution in [0.1, 0.15) is 116 Å². The molecule has 0 heterocycles. The predicted molar refractivity (Wildman–Crippen MR) is 134 cm³/mol. The van der Waals surface area contributed by atoms with Crippen LogP contribution in [0.5, 0.6) is 0 Å². The molecule has 1 amide bonds. The fourth-order valence-electron chi connectivity index (χ4n) is 3.69. The smallest absolute Gasteiger partial charge is 0.220 e. The SMILES string of the molecule is CCCCCCCCC=CCCCCCCCC(=O)NC(C)(C)c1ccccc1.Cl. The van der Waals surface area contributed by atoms with E-state index < -0.39 is 0 Å². The van der Waals surface area contributed by atoms with Gasteiger partial charge in [-0.3, -0.25) is 4.79 Å². The first-order chi connectivity index (χ1) is 14.1. The maximum atomic E-state index is 12.2. The highest BCUT2D eigenvalue weighted by Gasteiger charge is 2.21. The Balaban J connectivity index is 0.00000841. The summed E-state index contributed by atoms with van der Waals surface area (Å²) >= 11 is 0. The maximum absolute atomic E-state index is 12.2. The zero-order chi connectivity index (χ0) is 21.2. The molecule has 0 bridgehead atoms. The van der Waals surface area contributed by atoms with Crippen molar-refractivity contribution in [3.8, 4) is 0 Å². The van der Waals surface area contributed by atoms with Gasteiger partial charge in [0.1, 0.15) is 0 Å². The summed E-state index contributed by atoms with van der Waals surface area (Å²) in [6.45, 7) is 6.41. The molecule has 0 saturated carbocycles. The number of carbonyl (C=O) groups is 1. The van der Waals surface area contributed by atoms with Crippen LogP contribution in [-0.2, 0) is 10.3 Å². The summed E-state index contributed by atoms with van der Waals surface area (Å²) in [6.07, 6.45) is 22.1. The number of benzene rings is 1. The van der Waals surface area contributed by atoms with Gasteiger partial charge in [0.15, 0.2) is 0 Å². The second-order valence-corrected chi connectivity index (χ2v) is 8.87. The summed E-state index contributed by atoms with van der Waals surface area (Å²) in [5, 5.41) is 3.17. The van der Waals surface area contributed by atoms with E-state index in [1.54, 1.807) is 0 Å². The number of hydrogen-bond donors (Lipinski definition) is 1. The van der Waals surface area contributed by atoms with Crippen LogP contribution in [-0.4, -0.2) is 5.91 Å². The second-order valence-electron chi connectivity index (χ2n) is 8.87. The minimum Gasteiger partial charge on any atom is -0.347 e. The van der Waals surface area contributed by atoms with Crippen molar-refractivity contribution in [3.05, 3.63) is 48.0 Å². The molecule has 0 saturated heterocycles. The average molecular weight is 436 g/mol. The zero-order valence-corrected chi connectivity index (χ0v) is 20.6. The minimum atomic E-state index is -0.305. The van der Waals surface area contributed by atoms with Gasteiger partial charge in [-0.05, 0) is 51.5 Å². The summed E-state index contributed by atoms with van der Waals surface area (Å²) < 4.78 is 0. The van der Waals surface area contributed by atoms with Crippen molar-refractivity contribution in [1.82, 2.24) is 5.32 Å². The first-order valence-electron chi connectivity index (χ1n) is 12.1. The molecule has 0 fully saturated rings. The monoisotopic (exact) mass is 435 g/mol. The quantitative estimate of drug-likeness (QED) is 0.193. The van der Waals surface area contributed by atoms with Crippen molar-refractivity contribution in [2.24, 2.45) is 0 Å². The number of allylic oxidation sites excluding steroid dienone is 2. The fraction of sp³-hybridized carbons (Fsp3) is 0.667. The van der Waals surface area contributed by atoms with Crippen LogP contribution in [0.2, 0.25) is 0 Å². The lowest BCUT2D eigenvalue weighted by molar-refractivity contribution is -0.122. The molecule has 1 rings (SSSR count). The Hall–Kier alpha value is -1.28. The Morgan fingerprint density at radius 3 is 1.87 bits per heavy atom. The van der Waals surface area contributed by atoms with E-state index in [0.717, 1.165) is 18.4 Å². The summed E-state index contributed by atoms with van der Waals surface area (Å²) in [5.41, 5.74) is 0.845. The molecule has 0 aliphatic carbocycles. The van der Waals surface area contributed by atoms with Crippen LogP contribution in [0.15, 0.2) is 42.5 Å². The summed E-state index contributed by atoms with van der Waals surface area (Å²) in [5.74, 6) is 0.163. The van der Waals surface area contributed by atoms with E-state index in [1.807, 2.05) is 18.2 Å². The topological polar surface area (TPSA) is 29.1 Å². The molecule has 0 radical (unpaired) electrons. The van der Waals surface area contributed by atoms with Crippen molar-refractivity contribution in [2.45, 2.75) is 116 Å². The summed E-state index contributed by atoms with van der Waals surface area (Å²) in [6, 6.07) is 10.2. The van der Waals surface area contributed by atoms with Crippen LogP contribution in [0.25, 0.3) is 0 Å². The Labute approximate surface area is 192 Å². The summed E-state index contributed by atoms with van der Waals surface area (Å²) in [7, 11) is 0. The molecule has 0 aliphatic heterocycles. The Morgan fingerprint density at radius 2 is 1.30 bits per heavy atom. The van der Waals surface area contributed by atoms with Crippen LogP contribution >= 0.6 is 12.4 Å². The van der Waals surface area contributed by atoms with Gasteiger partial charge in [-0.1, -0.05) is 101 Å². The normalized spacial score (nSPS) is 11.4. The number of carbonyl (C=O) groups excluding carboxylic acids is 1. The number of hydrogen-bond acceptors (Lipinski definition) is 1. The van der Waals surface area contributed by atoms with E-state index in [4.69, 9.17) is 0 Å². The lowest BCUT2D eigenvalue weighted by Crippen LogP contribution is -2.40. The number of nitrogens with one attached hydrogen (secondary N) is 1. The molecule has 1 aromatic carbocycles. The van der Waals surface area contributed by atoms with Crippen molar-refractivity contribution in [2.75, 3.05) is 0 Å². The molecule has 3 heteroatoms. The third-order valence-corrected chi connectivity index (χ3v) is 5.61.